The van der Waals surface area contributed by atoms with E-state index in [2.05, 4.69) is 12.2 Å². The minimum atomic E-state index is -0.711. The van der Waals surface area contributed by atoms with Crippen LogP contribution in [0.2, 0.25) is 0 Å². The van der Waals surface area contributed by atoms with Gasteiger partial charge in [-0.25, -0.2) is 0 Å². The largest absolute Gasteiger partial charge is 0.481 e. The smallest absolute Gasteiger partial charge is 0.306 e. The fourth-order valence-corrected chi connectivity index (χ4v) is 2.93. The van der Waals surface area contributed by atoms with Gasteiger partial charge in [-0.1, -0.05) is 12.8 Å². The zero-order valence-electron chi connectivity index (χ0n) is 11.7. The molecule has 2 aliphatic carbocycles. The number of amides is 1. The standard InChI is InChI=1S/C15H25NO3/c1-10(2-3-11-4-5-11)16-14(17)12-6-8-13(9-7-12)15(18)19/h10-13H,2-9H2,1H3,(H,16,17)(H,18,19). The molecule has 0 spiro atoms. The second-order valence-electron chi connectivity index (χ2n) is 6.32. The zero-order valence-corrected chi connectivity index (χ0v) is 11.7. The van der Waals surface area contributed by atoms with E-state index in [4.69, 9.17) is 5.11 Å². The Hall–Kier alpha value is -1.06. The first-order valence-electron chi connectivity index (χ1n) is 7.59. The van der Waals surface area contributed by atoms with E-state index >= 15 is 0 Å². The number of aliphatic carboxylic acids is 1. The van der Waals surface area contributed by atoms with Crippen LogP contribution in [0.25, 0.3) is 0 Å². The van der Waals surface area contributed by atoms with Crippen molar-refractivity contribution in [2.75, 3.05) is 0 Å². The number of carbonyl (C=O) groups is 2. The molecule has 4 nitrogen and oxygen atoms in total. The van der Waals surface area contributed by atoms with E-state index in [0.717, 1.165) is 25.2 Å². The fraction of sp³-hybridized carbons (Fsp3) is 0.867. The third-order valence-electron chi connectivity index (χ3n) is 4.54. The summed E-state index contributed by atoms with van der Waals surface area (Å²) < 4.78 is 0. The van der Waals surface area contributed by atoms with Crippen LogP contribution in [-0.2, 0) is 9.59 Å². The van der Waals surface area contributed by atoms with Gasteiger partial charge in [-0.15, -0.1) is 0 Å². The number of carboxylic acid groups (broad SMARTS) is 1. The number of hydrogen-bond donors (Lipinski definition) is 2. The molecule has 0 bridgehead atoms. The minimum Gasteiger partial charge on any atom is -0.481 e. The Morgan fingerprint density at radius 2 is 1.68 bits per heavy atom. The van der Waals surface area contributed by atoms with Crippen LogP contribution >= 0.6 is 0 Å². The minimum absolute atomic E-state index is 0.0268. The molecule has 0 aromatic heterocycles. The summed E-state index contributed by atoms with van der Waals surface area (Å²) in [6.07, 6.45) is 7.75. The zero-order chi connectivity index (χ0) is 13.8. The summed E-state index contributed by atoms with van der Waals surface area (Å²) in [5, 5.41) is 12.0. The fourth-order valence-electron chi connectivity index (χ4n) is 2.93. The quantitative estimate of drug-likeness (QED) is 0.777. The van der Waals surface area contributed by atoms with Gasteiger partial charge in [0.05, 0.1) is 5.92 Å². The van der Waals surface area contributed by atoms with E-state index in [1.54, 1.807) is 0 Å². The first kappa shape index (κ1) is 14.4. The van der Waals surface area contributed by atoms with Crippen molar-refractivity contribution >= 4 is 11.9 Å². The van der Waals surface area contributed by atoms with Crippen LogP contribution in [0.5, 0.6) is 0 Å². The molecule has 0 heterocycles. The van der Waals surface area contributed by atoms with Crippen LogP contribution in [0.4, 0.5) is 0 Å². The molecule has 19 heavy (non-hydrogen) atoms. The molecular formula is C15H25NO3. The van der Waals surface area contributed by atoms with Gasteiger partial charge < -0.3 is 10.4 Å². The highest BCUT2D eigenvalue weighted by molar-refractivity contribution is 5.79. The predicted molar refractivity (Wildman–Crippen MR) is 72.6 cm³/mol. The van der Waals surface area contributed by atoms with Gasteiger partial charge in [0.2, 0.25) is 5.91 Å². The average molecular weight is 267 g/mol. The van der Waals surface area contributed by atoms with Gasteiger partial charge in [-0.3, -0.25) is 9.59 Å². The molecule has 2 saturated carbocycles. The number of hydrogen-bond acceptors (Lipinski definition) is 2. The van der Waals surface area contributed by atoms with Gasteiger partial charge in [0, 0.05) is 12.0 Å². The maximum absolute atomic E-state index is 12.1. The Morgan fingerprint density at radius 1 is 1.11 bits per heavy atom. The molecule has 1 amide bonds. The van der Waals surface area contributed by atoms with E-state index in [1.807, 2.05) is 0 Å². The van der Waals surface area contributed by atoms with E-state index < -0.39 is 5.97 Å². The van der Waals surface area contributed by atoms with Gasteiger partial charge in [-0.2, -0.15) is 0 Å². The van der Waals surface area contributed by atoms with Crippen molar-refractivity contribution in [3.8, 4) is 0 Å². The Bertz CT molecular complexity index is 330. The summed E-state index contributed by atoms with van der Waals surface area (Å²) in [6, 6.07) is 0.255. The topological polar surface area (TPSA) is 66.4 Å². The third-order valence-corrected chi connectivity index (χ3v) is 4.54. The molecule has 0 saturated heterocycles. The van der Waals surface area contributed by atoms with Crippen LogP contribution < -0.4 is 5.32 Å². The van der Waals surface area contributed by atoms with Crippen LogP contribution in [0.3, 0.4) is 0 Å². The molecule has 0 aromatic carbocycles. The molecule has 2 rings (SSSR count). The molecule has 1 unspecified atom stereocenters. The lowest BCUT2D eigenvalue weighted by Gasteiger charge is -2.26. The average Bonchev–Trinajstić information content (AvgIpc) is 3.20. The van der Waals surface area contributed by atoms with Crippen LogP contribution in [0.15, 0.2) is 0 Å². The molecule has 2 fully saturated rings. The second kappa shape index (κ2) is 6.40. The van der Waals surface area contributed by atoms with Crippen molar-refractivity contribution in [1.29, 1.82) is 0 Å². The first-order valence-corrected chi connectivity index (χ1v) is 7.59. The highest BCUT2D eigenvalue weighted by Crippen LogP contribution is 2.34. The summed E-state index contributed by atoms with van der Waals surface area (Å²) in [7, 11) is 0. The molecule has 4 heteroatoms. The second-order valence-corrected chi connectivity index (χ2v) is 6.32. The molecule has 2 N–H and O–H groups in total. The van der Waals surface area contributed by atoms with E-state index in [0.29, 0.717) is 12.8 Å². The van der Waals surface area contributed by atoms with Crippen molar-refractivity contribution in [2.45, 2.75) is 64.3 Å². The Morgan fingerprint density at radius 3 is 2.21 bits per heavy atom. The first-order chi connectivity index (χ1) is 9.06. The van der Waals surface area contributed by atoms with Gasteiger partial charge >= 0.3 is 5.97 Å². The van der Waals surface area contributed by atoms with Crippen molar-refractivity contribution in [1.82, 2.24) is 5.32 Å². The van der Waals surface area contributed by atoms with E-state index in [9.17, 15) is 9.59 Å². The molecule has 108 valence electrons. The lowest BCUT2D eigenvalue weighted by molar-refractivity contribution is -0.144. The monoisotopic (exact) mass is 267 g/mol. The van der Waals surface area contributed by atoms with Crippen LogP contribution in [-0.4, -0.2) is 23.0 Å². The predicted octanol–water partition coefficient (Wildman–Crippen LogP) is 2.57. The maximum Gasteiger partial charge on any atom is 0.306 e. The van der Waals surface area contributed by atoms with Crippen molar-refractivity contribution in [3.63, 3.8) is 0 Å². The van der Waals surface area contributed by atoms with Crippen LogP contribution in [0.1, 0.15) is 58.3 Å². The normalized spacial score (nSPS) is 28.7. The van der Waals surface area contributed by atoms with Crippen molar-refractivity contribution in [3.05, 3.63) is 0 Å². The number of carboxylic acids is 1. The molecule has 0 aliphatic heterocycles. The third kappa shape index (κ3) is 4.51. The highest BCUT2D eigenvalue weighted by Gasteiger charge is 2.30. The van der Waals surface area contributed by atoms with Gasteiger partial charge in [-0.05, 0) is 51.4 Å². The van der Waals surface area contributed by atoms with Gasteiger partial charge in [0.25, 0.3) is 0 Å². The lowest BCUT2D eigenvalue weighted by atomic mass is 9.81. The van der Waals surface area contributed by atoms with Gasteiger partial charge in [0.1, 0.15) is 0 Å². The molecule has 0 aromatic rings. The molecular weight excluding hydrogens is 242 g/mol. The summed E-state index contributed by atoms with van der Waals surface area (Å²) >= 11 is 0. The molecule has 0 radical (unpaired) electrons. The number of rotatable bonds is 6. The van der Waals surface area contributed by atoms with Crippen molar-refractivity contribution in [2.24, 2.45) is 17.8 Å². The number of carbonyl (C=O) groups excluding carboxylic acids is 1. The van der Waals surface area contributed by atoms with E-state index in [-0.39, 0.29) is 23.8 Å². The maximum atomic E-state index is 12.1. The van der Waals surface area contributed by atoms with Gasteiger partial charge in [0.15, 0.2) is 0 Å². The highest BCUT2D eigenvalue weighted by atomic mass is 16.4. The van der Waals surface area contributed by atoms with Crippen molar-refractivity contribution < 1.29 is 14.7 Å². The molecule has 1 atom stereocenters. The molecule has 2 aliphatic rings. The summed E-state index contributed by atoms with van der Waals surface area (Å²) in [4.78, 5) is 22.9. The Kier molecular flexibility index (Phi) is 4.83. The summed E-state index contributed by atoms with van der Waals surface area (Å²) in [6.45, 7) is 2.07. The SMILES string of the molecule is CC(CCC1CC1)NC(=O)C1CCC(C(=O)O)CC1. The Labute approximate surface area is 115 Å². The Balaban J connectivity index is 1.66. The van der Waals surface area contributed by atoms with E-state index in [1.165, 1.54) is 19.3 Å². The number of nitrogens with one attached hydrogen (secondary N) is 1. The van der Waals surface area contributed by atoms with Crippen LogP contribution in [0, 0.1) is 17.8 Å². The lowest BCUT2D eigenvalue weighted by Crippen LogP contribution is -2.39. The summed E-state index contributed by atoms with van der Waals surface area (Å²) in [5.41, 5.74) is 0. The summed E-state index contributed by atoms with van der Waals surface area (Å²) in [5.74, 6) is 0.115.